The van der Waals surface area contributed by atoms with Gasteiger partial charge in [0.2, 0.25) is 5.88 Å². The Balaban J connectivity index is 2.59. The molecule has 2 heterocycles. The molecule has 22 heavy (non-hydrogen) atoms. The van der Waals surface area contributed by atoms with Gasteiger partial charge in [-0.3, -0.25) is 19.6 Å². The number of aromatic nitrogens is 2. The summed E-state index contributed by atoms with van der Waals surface area (Å²) in [7, 11) is 0. The third-order valence-electron chi connectivity index (χ3n) is 2.92. The molecule has 1 aliphatic heterocycles. The number of allylic oxidation sites excluding steroid dienone is 1. The van der Waals surface area contributed by atoms with Crippen LogP contribution in [0.2, 0.25) is 0 Å². The van der Waals surface area contributed by atoms with Gasteiger partial charge in [-0.15, -0.1) is 0 Å². The number of amides is 1. The van der Waals surface area contributed by atoms with Gasteiger partial charge in [0.25, 0.3) is 11.5 Å². The number of hydrogen-bond acceptors (Lipinski definition) is 6. The monoisotopic (exact) mass is 307 g/mol. The van der Waals surface area contributed by atoms with Crippen LogP contribution in [0.1, 0.15) is 19.4 Å². The lowest BCUT2D eigenvalue weighted by Crippen LogP contribution is -2.24. The van der Waals surface area contributed by atoms with E-state index in [2.05, 4.69) is 5.32 Å². The zero-order valence-electron chi connectivity index (χ0n) is 11.8. The summed E-state index contributed by atoms with van der Waals surface area (Å²) >= 11 is 0. The van der Waals surface area contributed by atoms with Crippen molar-refractivity contribution in [2.45, 2.75) is 13.8 Å². The summed E-state index contributed by atoms with van der Waals surface area (Å²) in [5.41, 5.74) is -2.02. The molecule has 0 fully saturated rings. The van der Waals surface area contributed by atoms with Gasteiger partial charge < -0.3 is 15.2 Å². The summed E-state index contributed by atoms with van der Waals surface area (Å²) < 4.78 is 4.86. The second kappa shape index (κ2) is 5.72. The molecular formula is C13H13N3O6. The summed E-state index contributed by atoms with van der Waals surface area (Å²) in [6, 6.07) is 0. The first-order chi connectivity index (χ1) is 10.3. The Labute approximate surface area is 123 Å². The van der Waals surface area contributed by atoms with E-state index in [0.717, 1.165) is 6.08 Å². The molecule has 0 aliphatic carbocycles. The lowest BCUT2D eigenvalue weighted by molar-refractivity contribution is -0.138. The molecular weight excluding hydrogens is 294 g/mol. The molecule has 0 saturated heterocycles. The van der Waals surface area contributed by atoms with Crippen LogP contribution in [0.15, 0.2) is 26.4 Å². The van der Waals surface area contributed by atoms with E-state index >= 15 is 0 Å². The van der Waals surface area contributed by atoms with Gasteiger partial charge in [-0.2, -0.15) is 0 Å². The van der Waals surface area contributed by atoms with E-state index in [1.165, 1.54) is 6.92 Å². The van der Waals surface area contributed by atoms with E-state index in [9.17, 15) is 24.3 Å². The van der Waals surface area contributed by atoms with Gasteiger partial charge >= 0.3 is 11.7 Å². The maximum Gasteiger partial charge on any atom is 0.340 e. The van der Waals surface area contributed by atoms with Crippen LogP contribution in [-0.2, 0) is 14.3 Å². The standard InChI is InChI=1S/C13H13N3O6/c1-3-22-12(20)8-5(2)14-9(17)6(8)4-7-10(18)15-13(21)16-11(7)19/h4H,3H2,1-2H3,(H,14,17)(H3,15,16,18,19,21)/b6-4-. The fourth-order valence-corrected chi connectivity index (χ4v) is 1.98. The predicted octanol–water partition coefficient (Wildman–Crippen LogP) is -0.881. The summed E-state index contributed by atoms with van der Waals surface area (Å²) in [5, 5.41) is 12.1. The Bertz CT molecular complexity index is 827. The molecule has 0 spiro atoms. The summed E-state index contributed by atoms with van der Waals surface area (Å²) in [6.07, 6.45) is 1.02. The SMILES string of the molecule is CCOC(=O)C1=C(C)NC(=O)/C1=C\c1c(O)[nH]c(=O)[nH]c1=O. The summed E-state index contributed by atoms with van der Waals surface area (Å²) in [5.74, 6) is -2.06. The minimum Gasteiger partial charge on any atom is -0.494 e. The van der Waals surface area contributed by atoms with E-state index in [1.807, 2.05) is 9.97 Å². The average molecular weight is 307 g/mol. The molecule has 0 atom stereocenters. The number of aromatic hydroxyl groups is 1. The van der Waals surface area contributed by atoms with Crippen molar-refractivity contribution < 1.29 is 19.4 Å². The molecule has 9 heteroatoms. The lowest BCUT2D eigenvalue weighted by atomic mass is 10.0. The van der Waals surface area contributed by atoms with Crippen molar-refractivity contribution in [2.75, 3.05) is 6.61 Å². The first kappa shape index (κ1) is 15.3. The fourth-order valence-electron chi connectivity index (χ4n) is 1.98. The topological polar surface area (TPSA) is 141 Å². The molecule has 2 rings (SSSR count). The number of hydrogen-bond donors (Lipinski definition) is 4. The average Bonchev–Trinajstić information content (AvgIpc) is 2.68. The van der Waals surface area contributed by atoms with Crippen LogP contribution in [0, 0.1) is 0 Å². The van der Waals surface area contributed by atoms with E-state index in [0.29, 0.717) is 0 Å². The van der Waals surface area contributed by atoms with E-state index in [1.54, 1.807) is 6.92 Å². The van der Waals surface area contributed by atoms with Gasteiger partial charge in [-0.25, -0.2) is 9.59 Å². The number of carbonyl (C=O) groups is 2. The van der Waals surface area contributed by atoms with Crippen molar-refractivity contribution in [3.63, 3.8) is 0 Å². The zero-order chi connectivity index (χ0) is 16.4. The molecule has 1 aliphatic rings. The van der Waals surface area contributed by atoms with Gasteiger partial charge in [0, 0.05) is 5.70 Å². The predicted molar refractivity (Wildman–Crippen MR) is 74.8 cm³/mol. The first-order valence-corrected chi connectivity index (χ1v) is 6.32. The Hall–Kier alpha value is -3.10. The van der Waals surface area contributed by atoms with Crippen molar-refractivity contribution in [1.82, 2.24) is 15.3 Å². The largest absolute Gasteiger partial charge is 0.494 e. The van der Waals surface area contributed by atoms with Crippen molar-refractivity contribution >= 4 is 18.0 Å². The number of H-pyrrole nitrogens is 2. The van der Waals surface area contributed by atoms with Crippen LogP contribution in [0.4, 0.5) is 0 Å². The highest BCUT2D eigenvalue weighted by Crippen LogP contribution is 2.25. The van der Waals surface area contributed by atoms with Gasteiger partial charge in [0.15, 0.2) is 0 Å². The number of carbonyl (C=O) groups excluding carboxylic acids is 2. The molecule has 0 saturated carbocycles. The third-order valence-corrected chi connectivity index (χ3v) is 2.92. The fraction of sp³-hybridized carbons (Fsp3) is 0.231. The van der Waals surface area contributed by atoms with Crippen LogP contribution in [-0.4, -0.2) is 33.6 Å². The second-order valence-electron chi connectivity index (χ2n) is 4.40. The van der Waals surface area contributed by atoms with Crippen LogP contribution in [0.5, 0.6) is 5.88 Å². The van der Waals surface area contributed by atoms with Gasteiger partial charge in [-0.1, -0.05) is 0 Å². The highest BCUT2D eigenvalue weighted by atomic mass is 16.5. The van der Waals surface area contributed by atoms with Gasteiger partial charge in [-0.05, 0) is 19.9 Å². The van der Waals surface area contributed by atoms with Crippen molar-refractivity contribution in [2.24, 2.45) is 0 Å². The number of aromatic amines is 2. The number of nitrogens with one attached hydrogen (secondary N) is 3. The molecule has 1 aromatic rings. The van der Waals surface area contributed by atoms with Crippen LogP contribution >= 0.6 is 0 Å². The van der Waals surface area contributed by atoms with Crippen molar-refractivity contribution in [3.8, 4) is 5.88 Å². The molecule has 9 nitrogen and oxygen atoms in total. The molecule has 0 bridgehead atoms. The van der Waals surface area contributed by atoms with Gasteiger partial charge in [0.1, 0.15) is 5.56 Å². The lowest BCUT2D eigenvalue weighted by Gasteiger charge is -2.04. The summed E-state index contributed by atoms with van der Waals surface area (Å²) in [4.78, 5) is 50.4. The van der Waals surface area contributed by atoms with Crippen molar-refractivity contribution in [3.05, 3.63) is 43.2 Å². The van der Waals surface area contributed by atoms with E-state index in [-0.39, 0.29) is 29.0 Å². The van der Waals surface area contributed by atoms with Crippen molar-refractivity contribution in [1.29, 1.82) is 0 Å². The quantitative estimate of drug-likeness (QED) is 0.422. The first-order valence-electron chi connectivity index (χ1n) is 6.32. The normalized spacial score (nSPS) is 16.1. The Kier molecular flexibility index (Phi) is 3.97. The second-order valence-corrected chi connectivity index (χ2v) is 4.40. The highest BCUT2D eigenvalue weighted by molar-refractivity contribution is 6.16. The molecule has 4 N–H and O–H groups in total. The molecule has 116 valence electrons. The minimum atomic E-state index is -0.894. The molecule has 1 amide bonds. The number of rotatable bonds is 3. The summed E-state index contributed by atoms with van der Waals surface area (Å²) in [6.45, 7) is 3.23. The van der Waals surface area contributed by atoms with Crippen LogP contribution in [0.3, 0.4) is 0 Å². The minimum absolute atomic E-state index is 0.0307. The Morgan fingerprint density at radius 3 is 2.55 bits per heavy atom. The molecule has 1 aromatic heterocycles. The Morgan fingerprint density at radius 2 is 1.95 bits per heavy atom. The highest BCUT2D eigenvalue weighted by Gasteiger charge is 2.31. The number of ether oxygens (including phenoxy) is 1. The molecule has 0 unspecified atom stereocenters. The van der Waals surface area contributed by atoms with E-state index < -0.39 is 29.0 Å². The van der Waals surface area contributed by atoms with Gasteiger partial charge in [0.05, 0.1) is 17.8 Å². The maximum atomic E-state index is 11.9. The van der Waals surface area contributed by atoms with Crippen LogP contribution in [0.25, 0.3) is 6.08 Å². The third kappa shape index (κ3) is 2.68. The number of esters is 1. The smallest absolute Gasteiger partial charge is 0.340 e. The molecule has 0 radical (unpaired) electrons. The Morgan fingerprint density at radius 1 is 1.27 bits per heavy atom. The molecule has 0 aromatic carbocycles. The van der Waals surface area contributed by atoms with Crippen LogP contribution < -0.4 is 16.6 Å². The zero-order valence-corrected chi connectivity index (χ0v) is 11.8. The maximum absolute atomic E-state index is 11.9. The van der Waals surface area contributed by atoms with E-state index in [4.69, 9.17) is 4.74 Å².